The van der Waals surface area contributed by atoms with Crippen LogP contribution in [-0.4, -0.2) is 54.7 Å². The summed E-state index contributed by atoms with van der Waals surface area (Å²) < 4.78 is 10.9. The summed E-state index contributed by atoms with van der Waals surface area (Å²) >= 11 is 1.07. The van der Waals surface area contributed by atoms with Crippen LogP contribution in [-0.2, 0) is 0 Å². The predicted octanol–water partition coefficient (Wildman–Crippen LogP) is 6.32. The number of phenols is 1. The van der Waals surface area contributed by atoms with Crippen molar-refractivity contribution < 1.29 is 19.4 Å². The number of amides is 1. The molecule has 0 fully saturated rings. The number of aromatic hydroxyl groups is 1. The number of thioether (sulfide) groups is 1. The van der Waals surface area contributed by atoms with Crippen LogP contribution >= 0.6 is 11.8 Å². The highest BCUT2D eigenvalue weighted by atomic mass is 32.2. The third-order valence-electron chi connectivity index (χ3n) is 6.54. The summed E-state index contributed by atoms with van der Waals surface area (Å²) in [6, 6.07) is 21.1. The first-order chi connectivity index (χ1) is 18.9. The Hall–Kier alpha value is -4.24. The summed E-state index contributed by atoms with van der Waals surface area (Å²) in [5.74, 6) is 1.73. The minimum Gasteiger partial charge on any atom is -0.504 e. The summed E-state index contributed by atoms with van der Waals surface area (Å²) in [5, 5.41) is 16.7. The van der Waals surface area contributed by atoms with Gasteiger partial charge in [0.1, 0.15) is 5.75 Å². The van der Waals surface area contributed by atoms with Crippen LogP contribution in [0.4, 0.5) is 10.5 Å². The summed E-state index contributed by atoms with van der Waals surface area (Å²) in [6.45, 7) is 2.29. The number of rotatable bonds is 7. The summed E-state index contributed by atoms with van der Waals surface area (Å²) in [4.78, 5) is 19.7. The third kappa shape index (κ3) is 5.63. The SMILES string of the molecule is CCOc1cc(/C=C2\SC(=O)N=C2N2N=C(c3ccc(OC)cc3)CC2c2ccc(N(C)C)cc2)ccc1O. The van der Waals surface area contributed by atoms with Crippen LogP contribution in [0.2, 0.25) is 0 Å². The van der Waals surface area contributed by atoms with Crippen molar-refractivity contribution in [1.29, 1.82) is 0 Å². The van der Waals surface area contributed by atoms with Gasteiger partial charge in [-0.3, -0.25) is 4.79 Å². The van der Waals surface area contributed by atoms with E-state index in [2.05, 4.69) is 34.2 Å². The van der Waals surface area contributed by atoms with Crippen LogP contribution in [0.3, 0.4) is 0 Å². The molecule has 5 rings (SSSR count). The van der Waals surface area contributed by atoms with Crippen molar-refractivity contribution in [2.24, 2.45) is 10.1 Å². The van der Waals surface area contributed by atoms with E-state index in [1.165, 1.54) is 0 Å². The van der Waals surface area contributed by atoms with E-state index < -0.39 is 0 Å². The number of hydrogen-bond acceptors (Lipinski definition) is 8. The van der Waals surface area contributed by atoms with E-state index in [9.17, 15) is 9.90 Å². The molecule has 0 aliphatic carbocycles. The van der Waals surface area contributed by atoms with E-state index in [1.54, 1.807) is 25.3 Å². The first-order valence-corrected chi connectivity index (χ1v) is 13.4. The van der Waals surface area contributed by atoms with E-state index >= 15 is 0 Å². The van der Waals surface area contributed by atoms with Gasteiger partial charge in [-0.1, -0.05) is 18.2 Å². The Kier molecular flexibility index (Phi) is 7.60. The van der Waals surface area contributed by atoms with Gasteiger partial charge < -0.3 is 19.5 Å². The topological polar surface area (TPSA) is 87.0 Å². The van der Waals surface area contributed by atoms with Crippen molar-refractivity contribution >= 4 is 40.3 Å². The highest BCUT2D eigenvalue weighted by Crippen LogP contribution is 2.40. The number of carbonyl (C=O) groups excluding carboxylic acids is 1. The Balaban J connectivity index is 1.54. The molecule has 0 saturated carbocycles. The number of hydrogen-bond donors (Lipinski definition) is 1. The Morgan fingerprint density at radius 2 is 1.85 bits per heavy atom. The van der Waals surface area contributed by atoms with Gasteiger partial charge in [-0.25, -0.2) is 5.01 Å². The predicted molar refractivity (Wildman–Crippen MR) is 157 cm³/mol. The van der Waals surface area contributed by atoms with E-state index in [1.807, 2.05) is 56.4 Å². The van der Waals surface area contributed by atoms with Crippen molar-refractivity contribution in [3.05, 3.63) is 88.3 Å². The van der Waals surface area contributed by atoms with E-state index in [4.69, 9.17) is 14.6 Å². The number of nitrogens with zero attached hydrogens (tertiary/aromatic N) is 4. The van der Waals surface area contributed by atoms with Gasteiger partial charge in [-0.2, -0.15) is 10.1 Å². The van der Waals surface area contributed by atoms with Crippen molar-refractivity contribution in [3.63, 3.8) is 0 Å². The molecule has 1 unspecified atom stereocenters. The lowest BCUT2D eigenvalue weighted by Gasteiger charge is -2.24. The largest absolute Gasteiger partial charge is 0.504 e. The molecule has 3 aromatic carbocycles. The van der Waals surface area contributed by atoms with E-state index in [-0.39, 0.29) is 17.0 Å². The molecule has 2 aliphatic rings. The third-order valence-corrected chi connectivity index (χ3v) is 7.33. The molecule has 0 aromatic heterocycles. The van der Waals surface area contributed by atoms with Gasteiger partial charge in [-0.15, -0.1) is 0 Å². The minimum atomic E-state index is -0.296. The molecule has 8 nitrogen and oxygen atoms in total. The van der Waals surface area contributed by atoms with E-state index in [0.29, 0.717) is 29.5 Å². The monoisotopic (exact) mass is 542 g/mol. The number of anilines is 1. The molecule has 0 bridgehead atoms. The highest BCUT2D eigenvalue weighted by Gasteiger charge is 2.37. The fraction of sp³-hybridized carbons (Fsp3) is 0.233. The average molecular weight is 543 g/mol. The zero-order valence-electron chi connectivity index (χ0n) is 22.3. The Labute approximate surface area is 232 Å². The zero-order chi connectivity index (χ0) is 27.5. The minimum absolute atomic E-state index is 0.0672. The van der Waals surface area contributed by atoms with Crippen LogP contribution in [0.25, 0.3) is 6.08 Å². The summed E-state index contributed by atoms with van der Waals surface area (Å²) in [6.07, 6.45) is 2.52. The maximum atomic E-state index is 12.6. The van der Waals surface area contributed by atoms with Gasteiger partial charge >= 0.3 is 5.24 Å². The average Bonchev–Trinajstić information content (AvgIpc) is 3.54. The number of aliphatic imine (C=N–C) groups is 1. The van der Waals surface area contributed by atoms with Crippen LogP contribution in [0.1, 0.15) is 36.1 Å². The molecule has 0 spiro atoms. The first-order valence-electron chi connectivity index (χ1n) is 12.6. The lowest BCUT2D eigenvalue weighted by Crippen LogP contribution is -2.26. The fourth-order valence-electron chi connectivity index (χ4n) is 4.52. The van der Waals surface area contributed by atoms with E-state index in [0.717, 1.165) is 45.6 Å². The van der Waals surface area contributed by atoms with Crippen molar-refractivity contribution in [2.75, 3.05) is 32.7 Å². The second kappa shape index (κ2) is 11.2. The molecule has 3 aromatic rings. The van der Waals surface area contributed by atoms with Gasteiger partial charge in [-0.05, 0) is 90.0 Å². The number of methoxy groups -OCH3 is 1. The summed E-state index contributed by atoms with van der Waals surface area (Å²) in [7, 11) is 5.66. The summed E-state index contributed by atoms with van der Waals surface area (Å²) in [5.41, 5.74) is 4.83. The van der Waals surface area contributed by atoms with Gasteiger partial charge in [0.15, 0.2) is 17.3 Å². The molecule has 9 heteroatoms. The number of hydrazone groups is 1. The molecule has 1 amide bonds. The van der Waals surface area contributed by atoms with Gasteiger partial charge in [0, 0.05) is 26.2 Å². The molecule has 1 atom stereocenters. The Morgan fingerprint density at radius 3 is 2.51 bits per heavy atom. The van der Waals surface area contributed by atoms with Crippen LogP contribution in [0, 0.1) is 0 Å². The second-order valence-electron chi connectivity index (χ2n) is 9.30. The lowest BCUT2D eigenvalue weighted by molar-refractivity contribution is 0.267. The maximum Gasteiger partial charge on any atom is 0.311 e. The smallest absolute Gasteiger partial charge is 0.311 e. The first kappa shape index (κ1) is 26.4. The molecule has 0 saturated heterocycles. The molecule has 39 heavy (non-hydrogen) atoms. The lowest BCUT2D eigenvalue weighted by atomic mass is 9.98. The molecule has 0 radical (unpaired) electrons. The second-order valence-corrected chi connectivity index (χ2v) is 10.3. The van der Waals surface area contributed by atoms with Crippen LogP contribution in [0.15, 0.2) is 81.7 Å². The number of ether oxygens (including phenoxy) is 2. The van der Waals surface area contributed by atoms with Crippen LogP contribution in [0.5, 0.6) is 17.2 Å². The zero-order valence-corrected chi connectivity index (χ0v) is 23.1. The Bertz CT molecular complexity index is 1460. The molecular weight excluding hydrogens is 512 g/mol. The van der Waals surface area contributed by atoms with Crippen molar-refractivity contribution in [1.82, 2.24) is 5.01 Å². The molecule has 2 heterocycles. The highest BCUT2D eigenvalue weighted by molar-refractivity contribution is 8.18. The molecule has 200 valence electrons. The number of benzene rings is 3. The molecule has 2 aliphatic heterocycles. The molecular formula is C30H30N4O4S. The maximum absolute atomic E-state index is 12.6. The number of carbonyl (C=O) groups is 1. The fourth-order valence-corrected chi connectivity index (χ4v) is 5.27. The standard InChI is InChI=1S/C30H30N4O4S/c1-5-38-27-16-19(6-15-26(27)35)17-28-29(31-30(36)39-28)34-25(21-7-11-22(12-8-21)33(2)3)18-24(32-34)20-9-13-23(37-4)14-10-20/h6-17,25,35H,5,18H2,1-4H3/b28-17-. The number of amidine groups is 1. The van der Waals surface area contributed by atoms with Gasteiger partial charge in [0.25, 0.3) is 0 Å². The van der Waals surface area contributed by atoms with Crippen molar-refractivity contribution in [3.8, 4) is 17.2 Å². The van der Waals surface area contributed by atoms with Gasteiger partial charge in [0.2, 0.25) is 0 Å². The normalized spacial score (nSPS) is 17.8. The van der Waals surface area contributed by atoms with Crippen molar-refractivity contribution in [2.45, 2.75) is 19.4 Å². The van der Waals surface area contributed by atoms with Crippen LogP contribution < -0.4 is 14.4 Å². The number of phenolic OH excluding ortho intramolecular Hbond substituents is 1. The quantitative estimate of drug-likeness (QED) is 0.374. The van der Waals surface area contributed by atoms with Gasteiger partial charge in [0.05, 0.1) is 30.4 Å². The molecule has 1 N–H and O–H groups in total. The Morgan fingerprint density at radius 1 is 1.10 bits per heavy atom.